The maximum absolute atomic E-state index is 13.0. The summed E-state index contributed by atoms with van der Waals surface area (Å²) in [6.07, 6.45) is 4.18. The number of amides is 2. The number of nitrogens with zero attached hydrogens (tertiary/aromatic N) is 5. The molecule has 2 atom stereocenters. The molecule has 2 unspecified atom stereocenters. The Bertz CT molecular complexity index is 1310. The third-order valence-corrected chi connectivity index (χ3v) is 6.95. The average molecular weight is 551 g/mol. The largest absolute Gasteiger partial charge is 0.472 e. The standard InChI is InChI=1S/C28H34N6O4S/c1-17-9-7-10-18(2)24(17)21-14-22-32-26(31-21)33-39-23(29-6)11-8-12-30-25(35)19-13-20(37-22)16-34(15-19)27(36)38-28(3,4)5/h7-12,14,19-20H,13,15-16H2,1-6H3,(H,31,32,33)/b11-8-,29-23?,30-12?. The van der Waals surface area contributed by atoms with Crippen molar-refractivity contribution in [2.75, 3.05) is 24.9 Å². The summed E-state index contributed by atoms with van der Waals surface area (Å²) in [6.45, 7) is 9.92. The Labute approximate surface area is 233 Å². The molecule has 1 N–H and O–H groups in total. The lowest BCUT2D eigenvalue weighted by atomic mass is 9.95. The minimum atomic E-state index is -0.674. The van der Waals surface area contributed by atoms with Crippen LogP contribution in [0.3, 0.4) is 0 Å². The summed E-state index contributed by atoms with van der Waals surface area (Å²) in [7, 11) is 1.67. The van der Waals surface area contributed by atoms with E-state index in [1.54, 1.807) is 46.0 Å². The number of piperidine rings is 1. The number of hydrogen-bond donors (Lipinski definition) is 1. The summed E-state index contributed by atoms with van der Waals surface area (Å²) in [6, 6.07) is 7.86. The molecule has 2 amide bonds. The van der Waals surface area contributed by atoms with E-state index in [9.17, 15) is 9.59 Å². The van der Waals surface area contributed by atoms with E-state index in [4.69, 9.17) is 14.5 Å². The van der Waals surface area contributed by atoms with E-state index in [-0.39, 0.29) is 19.0 Å². The predicted octanol–water partition coefficient (Wildman–Crippen LogP) is 5.02. The maximum Gasteiger partial charge on any atom is 0.410 e. The topological polar surface area (TPSA) is 118 Å². The highest BCUT2D eigenvalue weighted by Gasteiger charge is 2.37. The van der Waals surface area contributed by atoms with Crippen LogP contribution in [0.4, 0.5) is 10.7 Å². The van der Waals surface area contributed by atoms with Gasteiger partial charge in [-0.1, -0.05) is 18.2 Å². The van der Waals surface area contributed by atoms with E-state index in [1.807, 2.05) is 32.0 Å². The second kappa shape index (κ2) is 12.0. The Morgan fingerprint density at radius 2 is 1.95 bits per heavy atom. The van der Waals surface area contributed by atoms with Gasteiger partial charge >= 0.3 is 6.09 Å². The smallest absolute Gasteiger partial charge is 0.410 e. The molecular weight excluding hydrogens is 516 g/mol. The van der Waals surface area contributed by atoms with Crippen molar-refractivity contribution in [2.45, 2.75) is 52.7 Å². The molecule has 206 valence electrons. The molecule has 0 radical (unpaired) electrons. The highest BCUT2D eigenvalue weighted by molar-refractivity contribution is 8.15. The van der Waals surface area contributed by atoms with Crippen LogP contribution in [0.15, 0.2) is 46.4 Å². The first kappa shape index (κ1) is 28.3. The number of carbonyl (C=O) groups excluding carboxylic acids is 2. The van der Waals surface area contributed by atoms with Gasteiger partial charge in [-0.3, -0.25) is 14.5 Å². The van der Waals surface area contributed by atoms with Crippen molar-refractivity contribution in [1.82, 2.24) is 14.9 Å². The molecular formula is C28H34N6O4S. The molecule has 4 bridgehead atoms. The second-order valence-electron chi connectivity index (χ2n) is 10.5. The molecule has 0 aliphatic carbocycles. The van der Waals surface area contributed by atoms with Crippen LogP contribution in [0.5, 0.6) is 5.88 Å². The number of anilines is 1. The first-order valence-corrected chi connectivity index (χ1v) is 13.6. The number of aryl methyl sites for hydroxylation is 2. The van der Waals surface area contributed by atoms with Crippen LogP contribution in [-0.4, -0.2) is 70.0 Å². The van der Waals surface area contributed by atoms with Gasteiger partial charge in [0.2, 0.25) is 11.8 Å². The van der Waals surface area contributed by atoms with Gasteiger partial charge in [-0.25, -0.2) is 14.8 Å². The van der Waals surface area contributed by atoms with Crippen molar-refractivity contribution < 1.29 is 19.1 Å². The molecule has 0 saturated carbocycles. The fourth-order valence-corrected chi connectivity index (χ4v) is 4.97. The number of aliphatic imine (C=N–C) groups is 2. The summed E-state index contributed by atoms with van der Waals surface area (Å²) in [5.41, 5.74) is 3.15. The van der Waals surface area contributed by atoms with Gasteiger partial charge in [-0.2, -0.15) is 4.98 Å². The van der Waals surface area contributed by atoms with E-state index in [0.717, 1.165) is 16.7 Å². The lowest BCUT2D eigenvalue weighted by Gasteiger charge is -2.37. The molecule has 11 heteroatoms. The molecule has 2 aliphatic rings. The van der Waals surface area contributed by atoms with Gasteiger partial charge in [-0.15, -0.1) is 0 Å². The number of benzene rings is 1. The number of ether oxygens (including phenoxy) is 2. The van der Waals surface area contributed by atoms with Crippen molar-refractivity contribution in [1.29, 1.82) is 0 Å². The van der Waals surface area contributed by atoms with Crippen molar-refractivity contribution >= 4 is 41.2 Å². The van der Waals surface area contributed by atoms with Crippen LogP contribution in [0, 0.1) is 19.8 Å². The average Bonchev–Trinajstić information content (AvgIpc) is 2.86. The third-order valence-electron chi connectivity index (χ3n) is 6.13. The van der Waals surface area contributed by atoms with E-state index < -0.39 is 23.7 Å². The van der Waals surface area contributed by atoms with Crippen molar-refractivity contribution in [3.05, 3.63) is 47.5 Å². The number of allylic oxidation sites excluding steroid dienone is 1. The summed E-state index contributed by atoms with van der Waals surface area (Å²) in [5, 5.41) is 0.641. The van der Waals surface area contributed by atoms with Gasteiger partial charge in [0.05, 0.1) is 18.2 Å². The summed E-state index contributed by atoms with van der Waals surface area (Å²) in [5.74, 6) is -0.216. The van der Waals surface area contributed by atoms with Crippen molar-refractivity contribution in [3.8, 4) is 17.1 Å². The molecule has 1 fully saturated rings. The Morgan fingerprint density at radius 1 is 1.21 bits per heavy atom. The Kier molecular flexibility index (Phi) is 8.69. The lowest BCUT2D eigenvalue weighted by Crippen LogP contribution is -2.51. The first-order valence-electron chi connectivity index (χ1n) is 12.8. The van der Waals surface area contributed by atoms with Crippen LogP contribution >= 0.6 is 11.9 Å². The van der Waals surface area contributed by atoms with Crippen LogP contribution in [0.25, 0.3) is 11.3 Å². The molecule has 2 aliphatic heterocycles. The van der Waals surface area contributed by atoms with Gasteiger partial charge in [-0.05, 0) is 64.3 Å². The molecule has 3 heterocycles. The van der Waals surface area contributed by atoms with Crippen molar-refractivity contribution in [2.24, 2.45) is 15.9 Å². The zero-order valence-electron chi connectivity index (χ0n) is 23.1. The zero-order chi connectivity index (χ0) is 28.2. The summed E-state index contributed by atoms with van der Waals surface area (Å²) in [4.78, 5) is 45.2. The predicted molar refractivity (Wildman–Crippen MR) is 154 cm³/mol. The highest BCUT2D eigenvalue weighted by atomic mass is 32.2. The number of hydrogen-bond acceptors (Lipinski definition) is 9. The fraction of sp³-hybridized carbons (Fsp3) is 0.429. The number of aromatic nitrogens is 2. The number of likely N-dealkylation sites (tertiary alicyclic amines) is 1. The summed E-state index contributed by atoms with van der Waals surface area (Å²) >= 11 is 1.23. The van der Waals surface area contributed by atoms with Gasteiger partial charge in [0.15, 0.2) is 0 Å². The molecule has 10 nitrogen and oxygen atoms in total. The monoisotopic (exact) mass is 550 g/mol. The van der Waals surface area contributed by atoms with E-state index in [1.165, 1.54) is 23.1 Å². The van der Waals surface area contributed by atoms with Gasteiger partial charge in [0, 0.05) is 43.4 Å². The normalized spacial score (nSPS) is 21.8. The van der Waals surface area contributed by atoms with Crippen LogP contribution < -0.4 is 9.46 Å². The quantitative estimate of drug-likeness (QED) is 0.492. The third kappa shape index (κ3) is 7.44. The Morgan fingerprint density at radius 3 is 2.64 bits per heavy atom. The zero-order valence-corrected chi connectivity index (χ0v) is 23.9. The molecule has 4 rings (SSSR count). The Balaban J connectivity index is 1.75. The minimum absolute atomic E-state index is 0.191. The fourth-order valence-electron chi connectivity index (χ4n) is 4.44. The van der Waals surface area contributed by atoms with Gasteiger partial charge in [0.25, 0.3) is 5.91 Å². The SMILES string of the molecule is CN=C1/C=C\C=NC(=O)C2CC(CN(C(=O)OC(C)(C)C)C2)Oc2cc(-c3c(C)cccc3C)nc(n2)NS1. The lowest BCUT2D eigenvalue weighted by molar-refractivity contribution is -0.124. The van der Waals surface area contributed by atoms with Gasteiger partial charge < -0.3 is 14.4 Å². The van der Waals surface area contributed by atoms with Crippen LogP contribution in [0.1, 0.15) is 38.3 Å². The number of rotatable bonds is 1. The number of carbonyl (C=O) groups is 2. The molecule has 1 aromatic heterocycles. The Hall–Kier alpha value is -3.73. The van der Waals surface area contributed by atoms with Gasteiger partial charge in [0.1, 0.15) is 16.7 Å². The molecule has 0 spiro atoms. The molecule has 1 aromatic carbocycles. The minimum Gasteiger partial charge on any atom is -0.472 e. The maximum atomic E-state index is 13.0. The van der Waals surface area contributed by atoms with E-state index in [2.05, 4.69) is 19.7 Å². The van der Waals surface area contributed by atoms with E-state index in [0.29, 0.717) is 29.0 Å². The van der Waals surface area contributed by atoms with Crippen LogP contribution in [0.2, 0.25) is 0 Å². The summed E-state index contributed by atoms with van der Waals surface area (Å²) < 4.78 is 15.1. The number of nitrogens with one attached hydrogen (secondary N) is 1. The molecule has 1 saturated heterocycles. The molecule has 39 heavy (non-hydrogen) atoms. The van der Waals surface area contributed by atoms with Crippen molar-refractivity contribution in [3.63, 3.8) is 0 Å². The second-order valence-corrected chi connectivity index (χ2v) is 11.3. The molecule has 2 aromatic rings. The highest BCUT2D eigenvalue weighted by Crippen LogP contribution is 2.31. The first-order chi connectivity index (χ1) is 18.5. The number of fused-ring (bicyclic) bond motifs is 4. The van der Waals surface area contributed by atoms with E-state index >= 15 is 0 Å². The van der Waals surface area contributed by atoms with Crippen LogP contribution in [-0.2, 0) is 9.53 Å².